The molecule has 0 heterocycles. The van der Waals surface area contributed by atoms with Gasteiger partial charge in [-0.25, -0.2) is 0 Å². The first-order valence-corrected chi connectivity index (χ1v) is 18.3. The van der Waals surface area contributed by atoms with Crippen LogP contribution in [-0.2, 0) is 20.2 Å². The van der Waals surface area contributed by atoms with Gasteiger partial charge in [0.25, 0.3) is 10.1 Å². The van der Waals surface area contributed by atoms with E-state index in [4.69, 9.17) is 4.18 Å². The zero-order valence-electron chi connectivity index (χ0n) is 20.1. The summed E-state index contributed by atoms with van der Waals surface area (Å²) in [4.78, 5) is -0.180. The summed E-state index contributed by atoms with van der Waals surface area (Å²) < 4.78 is 69.1. The number of halogens is 3. The van der Waals surface area contributed by atoms with Crippen molar-refractivity contribution in [2.75, 3.05) is 0 Å². The van der Waals surface area contributed by atoms with Crippen LogP contribution in [0.15, 0.2) is 64.4 Å². The van der Waals surface area contributed by atoms with E-state index in [0.717, 1.165) is 55.2 Å². The van der Waals surface area contributed by atoms with E-state index in [1.54, 1.807) is 22.6 Å². The Hall–Kier alpha value is -0.490. The van der Waals surface area contributed by atoms with Crippen LogP contribution in [0.25, 0.3) is 0 Å². The molecule has 2 aromatic carbocycles. The monoisotopic (exact) mass is 890 g/mol. The molecule has 3 aliphatic rings. The normalized spacial score (nSPS) is 23.0. The van der Waals surface area contributed by atoms with E-state index in [0.29, 0.717) is 3.57 Å². The van der Waals surface area contributed by atoms with E-state index in [9.17, 15) is 21.4 Å². The van der Waals surface area contributed by atoms with Gasteiger partial charge >= 0.3 is 10.1 Å². The molecule has 1 N–H and O–H groups in total. The van der Waals surface area contributed by atoms with Crippen LogP contribution in [0.3, 0.4) is 0 Å². The first kappa shape index (κ1) is 29.0. The van der Waals surface area contributed by atoms with E-state index in [1.807, 2.05) is 57.3 Å². The Labute approximate surface area is 264 Å². The highest BCUT2D eigenvalue weighted by molar-refractivity contribution is 14.1. The summed E-state index contributed by atoms with van der Waals surface area (Å²) >= 11 is 5.48. The van der Waals surface area contributed by atoms with Crippen LogP contribution in [0.4, 0.5) is 0 Å². The highest BCUT2D eigenvalue weighted by atomic mass is 127. The molecule has 0 saturated carbocycles. The van der Waals surface area contributed by atoms with E-state index < -0.39 is 20.2 Å². The fourth-order valence-corrected chi connectivity index (χ4v) is 13.1. The average Bonchev–Trinajstić information content (AvgIpc) is 3.63. The number of benzene rings is 2. The number of rotatable bonds is 7. The Morgan fingerprint density at radius 3 is 1.66 bits per heavy atom. The molecule has 2 aromatic rings. The van der Waals surface area contributed by atoms with Crippen molar-refractivity contribution in [1.29, 1.82) is 0 Å². The third-order valence-corrected chi connectivity index (χ3v) is 12.9. The molecule has 202 valence electrons. The van der Waals surface area contributed by atoms with Gasteiger partial charge < -0.3 is 4.18 Å². The Kier molecular flexibility index (Phi) is 8.72. The second-order valence-electron chi connectivity index (χ2n) is 9.69. The largest absolute Gasteiger partial charge is 0.377 e. The van der Waals surface area contributed by atoms with Crippen molar-refractivity contribution in [3.63, 3.8) is 0 Å². The van der Waals surface area contributed by atoms with Crippen molar-refractivity contribution in [3.8, 4) is 5.75 Å². The Bertz CT molecular complexity index is 1550. The van der Waals surface area contributed by atoms with E-state index in [2.05, 4.69) is 36.5 Å². The van der Waals surface area contributed by atoms with Crippen LogP contribution in [-0.4, -0.2) is 21.4 Å². The number of hydrogen-bond acceptors (Lipinski definition) is 5. The Balaban J connectivity index is 1.72. The average molecular weight is 890 g/mol. The summed E-state index contributed by atoms with van der Waals surface area (Å²) in [5.74, 6) is 0.0430. The molecule has 3 aliphatic carbocycles. The molecule has 0 aromatic heterocycles. The summed E-state index contributed by atoms with van der Waals surface area (Å²) in [7, 11) is -8.98. The van der Waals surface area contributed by atoms with Gasteiger partial charge in [-0.1, -0.05) is 48.6 Å². The number of hydrogen-bond donors (Lipinski definition) is 1. The Morgan fingerprint density at radius 1 is 0.711 bits per heavy atom. The zero-order chi connectivity index (χ0) is 27.2. The molecule has 6 nitrogen and oxygen atoms in total. The second-order valence-corrected chi connectivity index (χ2v) is 15.9. The summed E-state index contributed by atoms with van der Waals surface area (Å²) in [5, 5.41) is 0. The van der Waals surface area contributed by atoms with Gasteiger partial charge in [-0.05, 0) is 129 Å². The van der Waals surface area contributed by atoms with Crippen molar-refractivity contribution in [2.45, 2.75) is 66.1 Å². The minimum Gasteiger partial charge on any atom is -0.377 e. The van der Waals surface area contributed by atoms with E-state index >= 15 is 0 Å². The van der Waals surface area contributed by atoms with Crippen LogP contribution >= 0.6 is 67.8 Å². The van der Waals surface area contributed by atoms with Crippen LogP contribution in [0.5, 0.6) is 5.75 Å². The fraction of sp³-hybridized carbons (Fsp3) is 0.333. The minimum absolute atomic E-state index is 0.0299. The molecule has 0 bridgehead atoms. The maximum Gasteiger partial charge on any atom is 0.339 e. The Morgan fingerprint density at radius 2 is 1.21 bits per heavy atom. The smallest absolute Gasteiger partial charge is 0.339 e. The van der Waals surface area contributed by atoms with Gasteiger partial charge in [0.1, 0.15) is 9.79 Å². The van der Waals surface area contributed by atoms with Gasteiger partial charge in [0, 0.05) is 21.3 Å². The van der Waals surface area contributed by atoms with Gasteiger partial charge in [0.15, 0.2) is 5.75 Å². The predicted molar refractivity (Wildman–Crippen MR) is 172 cm³/mol. The lowest BCUT2D eigenvalue weighted by Gasteiger charge is -2.24. The molecule has 38 heavy (non-hydrogen) atoms. The van der Waals surface area contributed by atoms with Crippen molar-refractivity contribution in [1.82, 2.24) is 0 Å². The summed E-state index contributed by atoms with van der Waals surface area (Å²) in [6.45, 7) is 0. The van der Waals surface area contributed by atoms with Gasteiger partial charge in [-0.15, -0.1) is 0 Å². The van der Waals surface area contributed by atoms with Gasteiger partial charge in [0.2, 0.25) is 0 Å². The lowest BCUT2D eigenvalue weighted by atomic mass is 9.86. The standard InChI is InChI=1S/C27H25I3O6S2/c28-22-15-23(29)27(37(31,32)33)24(30)25(22)36-38(34,35)26-20(17-9-3-4-10-17)13-19(16-7-1-2-8-16)14-21(26)18-11-5-6-12-18/h1,3,5,7,9,11,13-18H,2,4,6,8,10,12H2,(H,31,32,33). The predicted octanol–water partition coefficient (Wildman–Crippen LogP) is 7.82. The van der Waals surface area contributed by atoms with Crippen LogP contribution in [0.1, 0.15) is 73.0 Å². The molecule has 0 aliphatic heterocycles. The van der Waals surface area contributed by atoms with Crippen LogP contribution in [0.2, 0.25) is 0 Å². The first-order valence-electron chi connectivity index (χ1n) is 12.2. The van der Waals surface area contributed by atoms with Gasteiger partial charge in [0.05, 0.1) is 7.14 Å². The summed E-state index contributed by atoms with van der Waals surface area (Å²) in [6.07, 6.45) is 18.1. The van der Waals surface area contributed by atoms with Crippen LogP contribution in [0, 0.1) is 10.7 Å². The summed E-state index contributed by atoms with van der Waals surface area (Å²) in [5.41, 5.74) is 2.59. The molecular formula is C27H25I3O6S2. The molecular weight excluding hydrogens is 865 g/mol. The highest BCUT2D eigenvalue weighted by Gasteiger charge is 2.35. The number of allylic oxidation sites excluding steroid dienone is 6. The lowest BCUT2D eigenvalue weighted by Crippen LogP contribution is -2.19. The molecule has 0 spiro atoms. The molecule has 0 radical (unpaired) electrons. The minimum atomic E-state index is -4.60. The van der Waals surface area contributed by atoms with Gasteiger partial charge in [-0.3, -0.25) is 4.55 Å². The van der Waals surface area contributed by atoms with Crippen molar-refractivity contribution < 1.29 is 25.6 Å². The summed E-state index contributed by atoms with van der Waals surface area (Å²) in [6, 6.07) is 5.56. The maximum absolute atomic E-state index is 14.2. The molecule has 5 rings (SSSR count). The SMILES string of the molecule is O=S(=O)(O)c1c(I)cc(I)c(OS(=O)(=O)c2c(C3C=CCC3)cc(C3C=CCC3)cc2C2C=CCC2)c1I. The molecule has 3 unspecified atom stereocenters. The van der Waals surface area contributed by atoms with Crippen LogP contribution < -0.4 is 4.18 Å². The lowest BCUT2D eigenvalue weighted by molar-refractivity contribution is 0.469. The quantitative estimate of drug-likeness (QED) is 0.132. The third-order valence-electron chi connectivity index (χ3n) is 7.22. The molecule has 0 fully saturated rings. The molecule has 3 atom stereocenters. The van der Waals surface area contributed by atoms with Crippen molar-refractivity contribution >= 4 is 88.0 Å². The highest BCUT2D eigenvalue weighted by Crippen LogP contribution is 2.45. The molecule has 11 heteroatoms. The fourth-order valence-electron chi connectivity index (χ4n) is 5.47. The molecule has 0 amide bonds. The third kappa shape index (κ3) is 5.78. The van der Waals surface area contributed by atoms with Gasteiger partial charge in [-0.2, -0.15) is 16.8 Å². The zero-order valence-corrected chi connectivity index (χ0v) is 28.2. The maximum atomic E-state index is 14.2. The topological polar surface area (TPSA) is 97.7 Å². The first-order chi connectivity index (χ1) is 18.0. The second kappa shape index (κ2) is 11.4. The van der Waals surface area contributed by atoms with E-state index in [-0.39, 0.29) is 40.4 Å². The molecule has 0 saturated heterocycles. The van der Waals surface area contributed by atoms with Crippen molar-refractivity contribution in [2.24, 2.45) is 0 Å². The van der Waals surface area contributed by atoms with Crippen molar-refractivity contribution in [3.05, 3.63) is 82.1 Å². The van der Waals surface area contributed by atoms with E-state index in [1.165, 1.54) is 6.07 Å².